The van der Waals surface area contributed by atoms with Gasteiger partial charge in [-0.2, -0.15) is 0 Å². The number of aryl methyl sites for hydroxylation is 1. The molecule has 0 aromatic carbocycles. The Morgan fingerprint density at radius 1 is 1.38 bits per heavy atom. The first kappa shape index (κ1) is 8.79. The van der Waals surface area contributed by atoms with Crippen LogP contribution < -0.4 is 0 Å². The number of aromatic amines is 1. The van der Waals surface area contributed by atoms with Gasteiger partial charge in [-0.1, -0.05) is 32.1 Å². The second-order valence-corrected chi connectivity index (χ2v) is 4.02. The van der Waals surface area contributed by atoms with Crippen molar-refractivity contribution in [1.29, 1.82) is 0 Å². The predicted octanol–water partition coefficient (Wildman–Crippen LogP) is 2.72. The maximum Gasteiger partial charge on any atom is 0.108 e. The van der Waals surface area contributed by atoms with Crippen molar-refractivity contribution in [2.45, 2.75) is 44.9 Å². The van der Waals surface area contributed by atoms with Crippen LogP contribution in [0.25, 0.3) is 0 Å². The van der Waals surface area contributed by atoms with Crippen molar-refractivity contribution in [3.8, 4) is 0 Å². The van der Waals surface area contributed by atoms with Crippen LogP contribution in [0.5, 0.6) is 0 Å². The van der Waals surface area contributed by atoms with E-state index in [0.29, 0.717) is 0 Å². The van der Waals surface area contributed by atoms with Gasteiger partial charge in [0.15, 0.2) is 0 Å². The summed E-state index contributed by atoms with van der Waals surface area (Å²) >= 11 is 0. The summed E-state index contributed by atoms with van der Waals surface area (Å²) in [6.07, 6.45) is 14.2. The molecule has 0 atom stereocenters. The molecular weight excluding hydrogens is 160 g/mol. The minimum atomic E-state index is 0.957. The summed E-state index contributed by atoms with van der Waals surface area (Å²) in [5.41, 5.74) is 0. The monoisotopic (exact) mass is 177 g/mol. The Labute approximate surface area is 79.8 Å². The number of imidazole rings is 1. The molecule has 2 rings (SSSR count). The zero-order valence-electron chi connectivity index (χ0n) is 8.05. The molecule has 0 spiro atoms. The molecule has 1 N–H and O–H groups in total. The molecule has 2 heteroatoms. The topological polar surface area (TPSA) is 28.7 Å². The molecule has 0 saturated heterocycles. The SMILES string of the molecule is [c]1c[nH]c(CCC2CCCCC2)n1. The Morgan fingerprint density at radius 2 is 2.23 bits per heavy atom. The minimum Gasteiger partial charge on any atom is -0.348 e. The van der Waals surface area contributed by atoms with E-state index in [9.17, 15) is 0 Å². The summed E-state index contributed by atoms with van der Waals surface area (Å²) in [6, 6.07) is 0. The van der Waals surface area contributed by atoms with Crippen LogP contribution in [-0.2, 0) is 6.42 Å². The molecule has 2 nitrogen and oxygen atoms in total. The van der Waals surface area contributed by atoms with Gasteiger partial charge in [0.25, 0.3) is 0 Å². The fourth-order valence-corrected chi connectivity index (χ4v) is 2.20. The molecule has 1 aliphatic carbocycles. The van der Waals surface area contributed by atoms with Gasteiger partial charge in [-0.3, -0.25) is 0 Å². The van der Waals surface area contributed by atoms with Crippen LogP contribution in [0, 0.1) is 12.1 Å². The Bertz CT molecular complexity index is 222. The van der Waals surface area contributed by atoms with E-state index in [1.807, 2.05) is 0 Å². The highest BCUT2D eigenvalue weighted by Crippen LogP contribution is 2.26. The van der Waals surface area contributed by atoms with Crippen molar-refractivity contribution in [3.63, 3.8) is 0 Å². The van der Waals surface area contributed by atoms with Gasteiger partial charge in [0, 0.05) is 12.6 Å². The van der Waals surface area contributed by atoms with E-state index < -0.39 is 0 Å². The zero-order chi connectivity index (χ0) is 8.93. The molecule has 1 fully saturated rings. The summed E-state index contributed by atoms with van der Waals surface area (Å²) in [5.74, 6) is 2.06. The number of aromatic nitrogens is 2. The van der Waals surface area contributed by atoms with Crippen LogP contribution in [0.3, 0.4) is 0 Å². The number of rotatable bonds is 3. The molecule has 1 heterocycles. The van der Waals surface area contributed by atoms with E-state index in [1.165, 1.54) is 38.5 Å². The smallest absolute Gasteiger partial charge is 0.108 e. The second kappa shape index (κ2) is 4.45. The normalized spacial score (nSPS) is 19.1. The Hall–Kier alpha value is -0.790. The molecule has 1 saturated carbocycles. The van der Waals surface area contributed by atoms with Crippen molar-refractivity contribution < 1.29 is 0 Å². The lowest BCUT2D eigenvalue weighted by molar-refractivity contribution is 0.337. The number of nitrogens with one attached hydrogen (secondary N) is 1. The maximum absolute atomic E-state index is 4.12. The van der Waals surface area contributed by atoms with Crippen molar-refractivity contribution in [3.05, 3.63) is 18.2 Å². The van der Waals surface area contributed by atoms with Crippen LogP contribution in [-0.4, -0.2) is 9.97 Å². The molecule has 13 heavy (non-hydrogen) atoms. The summed E-state index contributed by atoms with van der Waals surface area (Å²) in [6.45, 7) is 0. The first-order chi connectivity index (χ1) is 6.45. The fraction of sp³-hybridized carbons (Fsp3) is 0.727. The summed E-state index contributed by atoms with van der Waals surface area (Å²) in [5, 5.41) is 0. The third-order valence-electron chi connectivity index (χ3n) is 3.02. The van der Waals surface area contributed by atoms with Gasteiger partial charge in [-0.15, -0.1) is 0 Å². The van der Waals surface area contributed by atoms with Gasteiger partial charge >= 0.3 is 0 Å². The first-order valence-corrected chi connectivity index (χ1v) is 5.35. The van der Waals surface area contributed by atoms with Crippen LogP contribution in [0.15, 0.2) is 6.20 Å². The molecule has 0 amide bonds. The molecule has 0 bridgehead atoms. The number of H-pyrrole nitrogens is 1. The Morgan fingerprint density at radius 3 is 2.92 bits per heavy atom. The average molecular weight is 177 g/mol. The standard InChI is InChI=1S/C11H17N2/c1-2-4-10(5-3-1)6-7-11-12-8-9-13-11/h8,10H,1-7H2,(H,12,13). The van der Waals surface area contributed by atoms with Crippen molar-refractivity contribution in [1.82, 2.24) is 9.97 Å². The van der Waals surface area contributed by atoms with E-state index in [1.54, 1.807) is 6.20 Å². The highest BCUT2D eigenvalue weighted by molar-refractivity contribution is 4.86. The maximum atomic E-state index is 4.12. The average Bonchev–Trinajstić information content (AvgIpc) is 2.69. The van der Waals surface area contributed by atoms with Crippen molar-refractivity contribution in [2.75, 3.05) is 0 Å². The van der Waals surface area contributed by atoms with Crippen LogP contribution >= 0.6 is 0 Å². The van der Waals surface area contributed by atoms with Crippen LogP contribution in [0.4, 0.5) is 0 Å². The lowest BCUT2D eigenvalue weighted by atomic mass is 9.86. The Kier molecular flexibility index (Phi) is 3.01. The van der Waals surface area contributed by atoms with E-state index in [2.05, 4.69) is 16.2 Å². The number of nitrogens with zero attached hydrogens (tertiary/aromatic N) is 1. The Balaban J connectivity index is 1.72. The minimum absolute atomic E-state index is 0.957. The van der Waals surface area contributed by atoms with Crippen LogP contribution in [0.1, 0.15) is 44.3 Å². The lowest BCUT2D eigenvalue weighted by Gasteiger charge is -2.20. The molecule has 1 radical (unpaired) electrons. The third-order valence-corrected chi connectivity index (χ3v) is 3.02. The quantitative estimate of drug-likeness (QED) is 0.755. The summed E-state index contributed by atoms with van der Waals surface area (Å²) in [7, 11) is 0. The fourth-order valence-electron chi connectivity index (χ4n) is 2.20. The highest BCUT2D eigenvalue weighted by Gasteiger charge is 2.13. The highest BCUT2D eigenvalue weighted by atomic mass is 14.9. The van der Waals surface area contributed by atoms with Gasteiger partial charge < -0.3 is 4.98 Å². The summed E-state index contributed by atoms with van der Waals surface area (Å²) < 4.78 is 0. The van der Waals surface area contributed by atoms with E-state index in [4.69, 9.17) is 0 Å². The molecule has 1 aromatic rings. The lowest BCUT2D eigenvalue weighted by Crippen LogP contribution is -2.07. The van der Waals surface area contributed by atoms with Crippen molar-refractivity contribution >= 4 is 0 Å². The van der Waals surface area contributed by atoms with Crippen LogP contribution in [0.2, 0.25) is 0 Å². The van der Waals surface area contributed by atoms with Gasteiger partial charge in [-0.25, -0.2) is 4.98 Å². The predicted molar refractivity (Wildman–Crippen MR) is 52.3 cm³/mol. The third kappa shape index (κ3) is 2.58. The van der Waals surface area contributed by atoms with Gasteiger partial charge in [-0.05, 0) is 12.3 Å². The molecular formula is C11H17N2. The largest absolute Gasteiger partial charge is 0.348 e. The van der Waals surface area contributed by atoms with Gasteiger partial charge in [0.05, 0.1) is 0 Å². The molecule has 1 aliphatic rings. The second-order valence-electron chi connectivity index (χ2n) is 4.02. The number of hydrogen-bond donors (Lipinski definition) is 1. The van der Waals surface area contributed by atoms with E-state index >= 15 is 0 Å². The molecule has 71 valence electrons. The van der Waals surface area contributed by atoms with E-state index in [0.717, 1.165) is 18.2 Å². The molecule has 0 aliphatic heterocycles. The summed E-state index contributed by atoms with van der Waals surface area (Å²) in [4.78, 5) is 7.23. The van der Waals surface area contributed by atoms with Gasteiger partial charge in [0.1, 0.15) is 12.0 Å². The molecule has 0 unspecified atom stereocenters. The molecule has 1 aromatic heterocycles. The van der Waals surface area contributed by atoms with Gasteiger partial charge in [0.2, 0.25) is 0 Å². The van der Waals surface area contributed by atoms with Crippen molar-refractivity contribution in [2.24, 2.45) is 5.92 Å². The number of hydrogen-bond acceptors (Lipinski definition) is 1. The first-order valence-electron chi connectivity index (χ1n) is 5.35. The van der Waals surface area contributed by atoms with E-state index in [-0.39, 0.29) is 0 Å². The zero-order valence-corrected chi connectivity index (χ0v) is 8.05.